The standard InChI is InChI=1S/C26H30ClN3O3S/c1-2-34-14-11-30-22-8-5-19(17-29-9-12-33-13-10-29)15-21(22)25(31)24(26(28)32)23(30)16-18-3-6-20(27)7-4-18/h3-8,15H,2,9-14,16-17H2,1H3,(H2,28,32). The molecule has 1 aliphatic heterocycles. The van der Waals surface area contributed by atoms with Gasteiger partial charge in [0.25, 0.3) is 5.91 Å². The Balaban J connectivity index is 1.83. The van der Waals surface area contributed by atoms with Gasteiger partial charge in [-0.1, -0.05) is 36.7 Å². The molecule has 4 rings (SSSR count). The minimum absolute atomic E-state index is 0.0764. The van der Waals surface area contributed by atoms with Crippen LogP contribution < -0.4 is 11.2 Å². The lowest BCUT2D eigenvalue weighted by molar-refractivity contribution is 0.0342. The fourth-order valence-electron chi connectivity index (χ4n) is 4.45. The van der Waals surface area contributed by atoms with Gasteiger partial charge in [-0.05, 0) is 41.1 Å². The number of hydrogen-bond acceptors (Lipinski definition) is 5. The Kier molecular flexibility index (Phi) is 8.32. The van der Waals surface area contributed by atoms with E-state index in [1.807, 2.05) is 48.2 Å². The van der Waals surface area contributed by atoms with Gasteiger partial charge in [0.1, 0.15) is 5.56 Å². The van der Waals surface area contributed by atoms with Crippen molar-refractivity contribution in [3.63, 3.8) is 0 Å². The molecule has 0 aliphatic carbocycles. The highest BCUT2D eigenvalue weighted by molar-refractivity contribution is 7.99. The molecule has 1 saturated heterocycles. The van der Waals surface area contributed by atoms with Crippen molar-refractivity contribution in [3.8, 4) is 0 Å². The lowest BCUT2D eigenvalue weighted by Crippen LogP contribution is -2.35. The summed E-state index contributed by atoms with van der Waals surface area (Å²) in [4.78, 5) is 28.5. The van der Waals surface area contributed by atoms with Gasteiger partial charge >= 0.3 is 0 Å². The highest BCUT2D eigenvalue weighted by atomic mass is 35.5. The first kappa shape index (κ1) is 24.8. The number of carbonyl (C=O) groups is 1. The lowest BCUT2D eigenvalue weighted by Gasteiger charge is -2.27. The van der Waals surface area contributed by atoms with Crippen molar-refractivity contribution in [2.24, 2.45) is 5.73 Å². The Hall–Kier alpha value is -2.32. The van der Waals surface area contributed by atoms with Crippen LogP contribution in [0.5, 0.6) is 0 Å². The van der Waals surface area contributed by atoms with Crippen LogP contribution in [0.15, 0.2) is 47.3 Å². The molecule has 1 aliphatic rings. The zero-order valence-corrected chi connectivity index (χ0v) is 21.0. The van der Waals surface area contributed by atoms with Crippen LogP contribution in [0.3, 0.4) is 0 Å². The van der Waals surface area contributed by atoms with Gasteiger partial charge in [-0.15, -0.1) is 0 Å². The van der Waals surface area contributed by atoms with Gasteiger partial charge in [-0.2, -0.15) is 11.8 Å². The number of benzene rings is 2. The number of rotatable bonds is 9. The Labute approximate surface area is 209 Å². The predicted molar refractivity (Wildman–Crippen MR) is 140 cm³/mol. The molecule has 1 amide bonds. The number of pyridine rings is 1. The SMILES string of the molecule is CCSCCn1c(Cc2ccc(Cl)cc2)c(C(N)=O)c(=O)c2cc(CN3CCOCC3)ccc21. The van der Waals surface area contributed by atoms with Crippen molar-refractivity contribution in [3.05, 3.63) is 80.1 Å². The fraction of sp³-hybridized carbons (Fsp3) is 0.385. The molecule has 0 saturated carbocycles. The molecule has 2 aromatic carbocycles. The molecular formula is C26H30ClN3O3S. The molecule has 34 heavy (non-hydrogen) atoms. The average molecular weight is 500 g/mol. The van der Waals surface area contributed by atoms with E-state index in [1.54, 1.807) is 0 Å². The summed E-state index contributed by atoms with van der Waals surface area (Å²) >= 11 is 7.88. The van der Waals surface area contributed by atoms with Crippen molar-refractivity contribution in [1.82, 2.24) is 9.47 Å². The molecule has 0 spiro atoms. The van der Waals surface area contributed by atoms with Gasteiger partial charge in [0.2, 0.25) is 5.43 Å². The fourth-order valence-corrected chi connectivity index (χ4v) is 5.18. The number of primary amides is 1. The molecule has 6 nitrogen and oxygen atoms in total. The first-order valence-corrected chi connectivity index (χ1v) is 13.1. The summed E-state index contributed by atoms with van der Waals surface area (Å²) < 4.78 is 7.55. The molecule has 2 heterocycles. The van der Waals surface area contributed by atoms with Crippen LogP contribution in [0.1, 0.15) is 34.1 Å². The number of nitrogens with two attached hydrogens (primary N) is 1. The van der Waals surface area contributed by atoms with E-state index in [9.17, 15) is 9.59 Å². The van der Waals surface area contributed by atoms with Crippen LogP contribution in [-0.4, -0.2) is 53.2 Å². The number of fused-ring (bicyclic) bond motifs is 1. The topological polar surface area (TPSA) is 77.6 Å². The number of aromatic nitrogens is 1. The van der Waals surface area contributed by atoms with E-state index in [-0.39, 0.29) is 11.0 Å². The van der Waals surface area contributed by atoms with E-state index in [0.717, 1.165) is 61.0 Å². The lowest BCUT2D eigenvalue weighted by atomic mass is 9.99. The van der Waals surface area contributed by atoms with E-state index in [0.29, 0.717) is 29.1 Å². The molecular weight excluding hydrogens is 470 g/mol. The molecule has 1 fully saturated rings. The Morgan fingerprint density at radius 1 is 1.12 bits per heavy atom. The van der Waals surface area contributed by atoms with Crippen LogP contribution in [0, 0.1) is 0 Å². The zero-order valence-electron chi connectivity index (χ0n) is 19.4. The molecule has 0 atom stereocenters. The number of halogens is 1. The van der Waals surface area contributed by atoms with Gasteiger partial charge in [-0.25, -0.2) is 0 Å². The maximum Gasteiger partial charge on any atom is 0.254 e. The number of ether oxygens (including phenoxy) is 1. The van der Waals surface area contributed by atoms with Gasteiger partial charge in [0.05, 0.1) is 18.7 Å². The van der Waals surface area contributed by atoms with Crippen molar-refractivity contribution in [1.29, 1.82) is 0 Å². The number of amides is 1. The highest BCUT2D eigenvalue weighted by Gasteiger charge is 2.22. The number of thioether (sulfide) groups is 1. The van der Waals surface area contributed by atoms with Crippen molar-refractivity contribution in [2.45, 2.75) is 26.4 Å². The van der Waals surface area contributed by atoms with Crippen LogP contribution in [0.4, 0.5) is 0 Å². The van der Waals surface area contributed by atoms with E-state index >= 15 is 0 Å². The van der Waals surface area contributed by atoms with E-state index in [4.69, 9.17) is 22.1 Å². The summed E-state index contributed by atoms with van der Waals surface area (Å²) in [5.41, 5.74) is 9.07. The van der Waals surface area contributed by atoms with Crippen LogP contribution in [0.2, 0.25) is 5.02 Å². The van der Waals surface area contributed by atoms with Crippen molar-refractivity contribution < 1.29 is 9.53 Å². The molecule has 0 radical (unpaired) electrons. The quantitative estimate of drug-likeness (QED) is 0.451. The monoisotopic (exact) mass is 499 g/mol. The Morgan fingerprint density at radius 3 is 2.50 bits per heavy atom. The number of hydrogen-bond donors (Lipinski definition) is 1. The maximum absolute atomic E-state index is 13.6. The average Bonchev–Trinajstić information content (AvgIpc) is 2.83. The summed E-state index contributed by atoms with van der Waals surface area (Å²) in [5.74, 6) is 1.18. The minimum Gasteiger partial charge on any atom is -0.379 e. The van der Waals surface area contributed by atoms with Crippen molar-refractivity contribution >= 4 is 40.2 Å². The third kappa shape index (κ3) is 5.66. The van der Waals surface area contributed by atoms with Gasteiger partial charge in [-0.3, -0.25) is 14.5 Å². The second-order valence-corrected chi connectivity index (χ2v) is 10.2. The number of nitrogens with zero attached hydrogens (tertiary/aromatic N) is 2. The first-order valence-electron chi connectivity index (χ1n) is 11.6. The largest absolute Gasteiger partial charge is 0.379 e. The number of aryl methyl sites for hydroxylation is 1. The van der Waals surface area contributed by atoms with Crippen LogP contribution in [-0.2, 0) is 24.2 Å². The summed E-state index contributed by atoms with van der Waals surface area (Å²) in [6.07, 6.45) is 0.424. The van der Waals surface area contributed by atoms with E-state index in [2.05, 4.69) is 22.5 Å². The second kappa shape index (κ2) is 11.4. The van der Waals surface area contributed by atoms with Crippen molar-refractivity contribution in [2.75, 3.05) is 37.8 Å². The second-order valence-electron chi connectivity index (χ2n) is 8.41. The highest BCUT2D eigenvalue weighted by Crippen LogP contribution is 2.23. The third-order valence-corrected chi connectivity index (χ3v) is 7.27. The summed E-state index contributed by atoms with van der Waals surface area (Å²) in [7, 11) is 0. The predicted octanol–water partition coefficient (Wildman–Crippen LogP) is 3.93. The summed E-state index contributed by atoms with van der Waals surface area (Å²) in [5, 5.41) is 1.18. The minimum atomic E-state index is -0.689. The molecule has 0 bridgehead atoms. The molecule has 3 aromatic rings. The zero-order chi connectivity index (χ0) is 24.1. The van der Waals surface area contributed by atoms with Gasteiger partial charge < -0.3 is 15.0 Å². The molecule has 2 N–H and O–H groups in total. The van der Waals surface area contributed by atoms with Crippen LogP contribution in [0.25, 0.3) is 10.9 Å². The number of carbonyl (C=O) groups excluding carboxylic acids is 1. The molecule has 1 aromatic heterocycles. The molecule has 8 heteroatoms. The normalized spacial score (nSPS) is 14.5. The Morgan fingerprint density at radius 2 is 1.82 bits per heavy atom. The van der Waals surface area contributed by atoms with Gasteiger partial charge in [0, 0.05) is 54.5 Å². The maximum atomic E-state index is 13.6. The molecule has 180 valence electrons. The molecule has 0 unspecified atom stereocenters. The summed E-state index contributed by atoms with van der Waals surface area (Å²) in [6.45, 7) is 6.70. The smallest absolute Gasteiger partial charge is 0.254 e. The van der Waals surface area contributed by atoms with E-state index in [1.165, 1.54) is 0 Å². The van der Waals surface area contributed by atoms with E-state index < -0.39 is 5.91 Å². The first-order chi connectivity index (χ1) is 16.5. The third-order valence-electron chi connectivity index (χ3n) is 6.14. The van der Waals surface area contributed by atoms with Crippen LogP contribution >= 0.6 is 23.4 Å². The number of morpholine rings is 1. The Bertz CT molecular complexity index is 1220. The van der Waals surface area contributed by atoms with Gasteiger partial charge in [0.15, 0.2) is 0 Å². The summed E-state index contributed by atoms with van der Waals surface area (Å²) in [6, 6.07) is 13.5.